The number of aromatic nitrogens is 1. The average Bonchev–Trinajstić information content (AvgIpc) is 2.84. The van der Waals surface area contributed by atoms with Crippen LogP contribution in [0.5, 0.6) is 17.4 Å². The highest BCUT2D eigenvalue weighted by Crippen LogP contribution is 2.27. The van der Waals surface area contributed by atoms with Crippen molar-refractivity contribution < 1.29 is 27.8 Å². The van der Waals surface area contributed by atoms with E-state index < -0.39 is 22.6 Å². The van der Waals surface area contributed by atoms with Crippen molar-refractivity contribution in [3.05, 3.63) is 72.4 Å². The molecule has 0 aliphatic heterocycles. The second-order valence-electron chi connectivity index (χ2n) is 7.61. The molecule has 3 aromatic rings. The molecule has 0 spiro atoms. The molecule has 35 heavy (non-hydrogen) atoms. The number of nitrogens with zero attached hydrogens (tertiary/aromatic N) is 2. The zero-order chi connectivity index (χ0) is 25.3. The molecule has 0 amide bonds. The average molecular weight is 517 g/mol. The Kier molecular flexibility index (Phi) is 9.53. The van der Waals surface area contributed by atoms with Gasteiger partial charge in [-0.25, -0.2) is 18.2 Å². The fraction of sp³-hybridized carbons (Fsp3) is 0.280. The lowest BCUT2D eigenvalue weighted by Gasteiger charge is -2.21. The van der Waals surface area contributed by atoms with E-state index >= 15 is 0 Å². The molecule has 0 fully saturated rings. The van der Waals surface area contributed by atoms with Crippen molar-refractivity contribution in [2.75, 3.05) is 25.4 Å². The van der Waals surface area contributed by atoms with Crippen LogP contribution in [0.15, 0.2) is 76.7 Å². The van der Waals surface area contributed by atoms with Gasteiger partial charge in [0.15, 0.2) is 6.61 Å². The zero-order valence-corrected chi connectivity index (χ0v) is 21.2. The second-order valence-corrected chi connectivity index (χ2v) is 10.7. The van der Waals surface area contributed by atoms with Crippen molar-refractivity contribution in [3.63, 3.8) is 0 Å². The van der Waals surface area contributed by atoms with Gasteiger partial charge in [0.25, 0.3) is 0 Å². The topological polar surface area (TPSA) is 106 Å². The third-order valence-electron chi connectivity index (χ3n) is 4.89. The molecule has 0 radical (unpaired) electrons. The van der Waals surface area contributed by atoms with Crippen molar-refractivity contribution in [1.82, 2.24) is 9.29 Å². The summed E-state index contributed by atoms with van der Waals surface area (Å²) >= 11 is 1.52. The SMILES string of the molecule is CCCN(CCSc1ccc(OCC(=O)O)c(C)c1)S(=O)(=O)c1ccc(Oc2ccccc2)nc1. The quantitative estimate of drug-likeness (QED) is 0.322. The minimum absolute atomic E-state index is 0.118. The van der Waals surface area contributed by atoms with Gasteiger partial charge in [0.2, 0.25) is 15.9 Å². The van der Waals surface area contributed by atoms with Gasteiger partial charge in [0.05, 0.1) is 6.20 Å². The largest absolute Gasteiger partial charge is 0.482 e. The Morgan fingerprint density at radius 3 is 2.49 bits per heavy atom. The van der Waals surface area contributed by atoms with Crippen LogP contribution in [0.3, 0.4) is 0 Å². The molecule has 0 saturated carbocycles. The van der Waals surface area contributed by atoms with E-state index in [2.05, 4.69) is 4.98 Å². The van der Waals surface area contributed by atoms with Crippen LogP contribution >= 0.6 is 11.8 Å². The first-order chi connectivity index (χ1) is 16.8. The third kappa shape index (κ3) is 7.71. The molecule has 10 heteroatoms. The van der Waals surface area contributed by atoms with E-state index in [1.54, 1.807) is 24.3 Å². The lowest BCUT2D eigenvalue weighted by molar-refractivity contribution is -0.139. The van der Waals surface area contributed by atoms with Crippen LogP contribution in [0.1, 0.15) is 18.9 Å². The maximum absolute atomic E-state index is 13.2. The Morgan fingerprint density at radius 1 is 1.09 bits per heavy atom. The van der Waals surface area contributed by atoms with Crippen LogP contribution in [0.2, 0.25) is 0 Å². The highest BCUT2D eigenvalue weighted by Gasteiger charge is 2.24. The summed E-state index contributed by atoms with van der Waals surface area (Å²) in [6, 6.07) is 17.7. The number of pyridine rings is 1. The fourth-order valence-corrected chi connectivity index (χ4v) is 5.78. The van der Waals surface area contributed by atoms with Crippen LogP contribution in [0.4, 0.5) is 0 Å². The summed E-state index contributed by atoms with van der Waals surface area (Å²) in [4.78, 5) is 15.9. The zero-order valence-electron chi connectivity index (χ0n) is 19.6. The van der Waals surface area contributed by atoms with E-state index in [9.17, 15) is 13.2 Å². The number of sulfonamides is 1. The molecule has 0 saturated heterocycles. The number of aliphatic carboxylic acids is 1. The Labute approximate surface area is 210 Å². The van der Waals surface area contributed by atoms with Crippen LogP contribution in [-0.2, 0) is 14.8 Å². The summed E-state index contributed by atoms with van der Waals surface area (Å²) < 4.78 is 38.8. The van der Waals surface area contributed by atoms with Crippen LogP contribution in [-0.4, -0.2) is 54.2 Å². The number of aryl methyl sites for hydroxylation is 1. The van der Waals surface area contributed by atoms with E-state index in [0.717, 1.165) is 10.5 Å². The molecule has 3 rings (SSSR count). The number of thioether (sulfide) groups is 1. The molecule has 1 N–H and O–H groups in total. The molecule has 2 aromatic carbocycles. The molecule has 0 bridgehead atoms. The summed E-state index contributed by atoms with van der Waals surface area (Å²) in [6.07, 6.45) is 2.00. The first kappa shape index (κ1) is 26.5. The van der Waals surface area contributed by atoms with Gasteiger partial charge < -0.3 is 14.6 Å². The van der Waals surface area contributed by atoms with Crippen molar-refractivity contribution in [1.29, 1.82) is 0 Å². The molecule has 1 aromatic heterocycles. The molecule has 0 unspecified atom stereocenters. The van der Waals surface area contributed by atoms with E-state index in [1.165, 1.54) is 28.3 Å². The second kappa shape index (κ2) is 12.6. The Morgan fingerprint density at radius 2 is 1.86 bits per heavy atom. The lowest BCUT2D eigenvalue weighted by Crippen LogP contribution is -2.33. The van der Waals surface area contributed by atoms with Gasteiger partial charge in [-0.1, -0.05) is 25.1 Å². The van der Waals surface area contributed by atoms with Crippen molar-refractivity contribution in [2.24, 2.45) is 0 Å². The van der Waals surface area contributed by atoms with Gasteiger partial charge in [-0.2, -0.15) is 4.31 Å². The van der Waals surface area contributed by atoms with E-state index in [1.807, 2.05) is 44.2 Å². The maximum Gasteiger partial charge on any atom is 0.341 e. The number of rotatable bonds is 13. The molecule has 1 heterocycles. The number of ether oxygens (including phenoxy) is 2. The molecule has 0 aliphatic carbocycles. The molecule has 0 aliphatic rings. The molecule has 8 nitrogen and oxygen atoms in total. The monoisotopic (exact) mass is 516 g/mol. The Balaban J connectivity index is 1.62. The first-order valence-corrected chi connectivity index (χ1v) is 13.5. The number of carboxylic acids is 1. The first-order valence-electron chi connectivity index (χ1n) is 11.1. The smallest absolute Gasteiger partial charge is 0.341 e. The van der Waals surface area contributed by atoms with Gasteiger partial charge in [-0.3, -0.25) is 0 Å². The van der Waals surface area contributed by atoms with Gasteiger partial charge in [-0.15, -0.1) is 11.8 Å². The third-order valence-corrected chi connectivity index (χ3v) is 7.75. The van der Waals surface area contributed by atoms with Crippen LogP contribution in [0, 0.1) is 6.92 Å². The summed E-state index contributed by atoms with van der Waals surface area (Å²) in [5, 5.41) is 8.76. The van der Waals surface area contributed by atoms with E-state index in [-0.39, 0.29) is 4.90 Å². The summed E-state index contributed by atoms with van der Waals surface area (Å²) in [5.41, 5.74) is 0.818. The summed E-state index contributed by atoms with van der Waals surface area (Å²) in [7, 11) is -3.71. The number of benzene rings is 2. The summed E-state index contributed by atoms with van der Waals surface area (Å²) in [5.74, 6) is 0.972. The predicted octanol–water partition coefficient (Wildman–Crippen LogP) is 4.84. The minimum atomic E-state index is -3.71. The van der Waals surface area contributed by atoms with Crippen LogP contribution < -0.4 is 9.47 Å². The lowest BCUT2D eigenvalue weighted by atomic mass is 10.2. The number of hydrogen-bond acceptors (Lipinski definition) is 7. The van der Waals surface area contributed by atoms with E-state index in [4.69, 9.17) is 14.6 Å². The maximum atomic E-state index is 13.2. The highest BCUT2D eigenvalue weighted by molar-refractivity contribution is 7.99. The number of hydrogen-bond donors (Lipinski definition) is 1. The molecular formula is C25H28N2O6S2. The molecule has 0 atom stereocenters. The van der Waals surface area contributed by atoms with E-state index in [0.29, 0.717) is 42.6 Å². The van der Waals surface area contributed by atoms with Crippen molar-refractivity contribution in [3.8, 4) is 17.4 Å². The fourth-order valence-electron chi connectivity index (χ4n) is 3.22. The molecular weight excluding hydrogens is 488 g/mol. The number of para-hydroxylation sites is 1. The van der Waals surface area contributed by atoms with Crippen LogP contribution in [0.25, 0.3) is 0 Å². The van der Waals surface area contributed by atoms with Crippen molar-refractivity contribution in [2.45, 2.75) is 30.1 Å². The minimum Gasteiger partial charge on any atom is -0.482 e. The Hall–Kier alpha value is -3.08. The molecule has 186 valence electrons. The van der Waals surface area contributed by atoms with Gasteiger partial charge in [0.1, 0.15) is 16.4 Å². The Bertz CT molecular complexity index is 1220. The van der Waals surface area contributed by atoms with Crippen molar-refractivity contribution >= 4 is 27.8 Å². The van der Waals surface area contributed by atoms with Gasteiger partial charge >= 0.3 is 5.97 Å². The number of carbonyl (C=O) groups is 1. The van der Waals surface area contributed by atoms with Gasteiger partial charge in [0, 0.05) is 29.8 Å². The predicted molar refractivity (Wildman–Crippen MR) is 135 cm³/mol. The normalized spacial score (nSPS) is 11.4. The highest BCUT2D eigenvalue weighted by atomic mass is 32.2. The number of carboxylic acid groups (broad SMARTS) is 1. The standard InChI is InChI=1S/C25H28N2O6S2/c1-3-13-27(14-15-34-21-9-11-23(19(2)16-21)32-18-25(28)29)35(30,31)22-10-12-24(26-17-22)33-20-7-5-4-6-8-20/h4-12,16-17H,3,13-15,18H2,1-2H3,(H,28,29). The van der Waals surface area contributed by atoms with Gasteiger partial charge in [-0.05, 0) is 55.3 Å². The summed E-state index contributed by atoms with van der Waals surface area (Å²) in [6.45, 7) is 4.11.